The number of nitrogens with zero attached hydrogens (tertiary/aromatic N) is 1. The predicted molar refractivity (Wildman–Crippen MR) is 100 cm³/mol. The van der Waals surface area contributed by atoms with E-state index in [0.29, 0.717) is 23.7 Å². The number of benzene rings is 1. The van der Waals surface area contributed by atoms with E-state index >= 15 is 0 Å². The fourth-order valence-electron chi connectivity index (χ4n) is 2.41. The Morgan fingerprint density at radius 3 is 2.56 bits per heavy atom. The van der Waals surface area contributed by atoms with Crippen LogP contribution in [-0.2, 0) is 9.59 Å². The topological polar surface area (TPSA) is 105 Å². The van der Waals surface area contributed by atoms with Gasteiger partial charge < -0.3 is 16.2 Å². The van der Waals surface area contributed by atoms with Crippen molar-refractivity contribution < 1.29 is 14.7 Å². The van der Waals surface area contributed by atoms with Gasteiger partial charge in [0.2, 0.25) is 5.91 Å². The predicted octanol–water partition coefficient (Wildman–Crippen LogP) is 3.23. The molecule has 0 radical (unpaired) electrons. The summed E-state index contributed by atoms with van der Waals surface area (Å²) < 4.78 is 0. The number of aliphatic hydroxyl groups excluding tert-OH is 1. The molecule has 0 unspecified atom stereocenters. The molecule has 1 amide bonds. The first-order chi connectivity index (χ1) is 12.1. The van der Waals surface area contributed by atoms with Gasteiger partial charge in [-0.25, -0.2) is 4.98 Å². The van der Waals surface area contributed by atoms with E-state index in [0.717, 1.165) is 36.9 Å². The van der Waals surface area contributed by atoms with E-state index in [9.17, 15) is 9.59 Å². The van der Waals surface area contributed by atoms with Crippen LogP contribution in [0.25, 0.3) is 11.3 Å². The van der Waals surface area contributed by atoms with Crippen molar-refractivity contribution in [3.05, 3.63) is 29.6 Å². The lowest BCUT2D eigenvalue weighted by atomic mass is 10.1. The Balaban J connectivity index is 1.71. The first kappa shape index (κ1) is 19.1. The summed E-state index contributed by atoms with van der Waals surface area (Å²) in [5.41, 5.74) is 8.21. The zero-order valence-corrected chi connectivity index (χ0v) is 14.8. The second-order valence-electron chi connectivity index (χ2n) is 5.78. The molecule has 0 aliphatic heterocycles. The molecule has 1 aromatic heterocycles. The van der Waals surface area contributed by atoms with Crippen molar-refractivity contribution in [2.75, 3.05) is 17.7 Å². The molecule has 0 saturated heterocycles. The third-order valence-corrected chi connectivity index (χ3v) is 4.53. The van der Waals surface area contributed by atoms with Crippen molar-refractivity contribution in [3.63, 3.8) is 0 Å². The summed E-state index contributed by atoms with van der Waals surface area (Å²) >= 11 is 1.37. The number of hydrogen-bond acceptors (Lipinski definition) is 6. The minimum absolute atomic E-state index is 0.0617. The third-order valence-electron chi connectivity index (χ3n) is 3.77. The minimum atomic E-state index is -0.382. The van der Waals surface area contributed by atoms with Gasteiger partial charge in [-0.2, -0.15) is 0 Å². The number of Topliss-reactive ketones (excluding diaryl/α,β-unsaturated/α-hetero) is 1. The Morgan fingerprint density at radius 1 is 1.12 bits per heavy atom. The number of rotatable bonds is 10. The summed E-state index contributed by atoms with van der Waals surface area (Å²) in [6.45, 7) is -0.382. The molecule has 1 heterocycles. The number of nitrogens with one attached hydrogen (secondary N) is 1. The van der Waals surface area contributed by atoms with Crippen LogP contribution < -0.4 is 11.1 Å². The summed E-state index contributed by atoms with van der Waals surface area (Å²) in [7, 11) is 0. The lowest BCUT2D eigenvalue weighted by Crippen LogP contribution is -2.10. The highest BCUT2D eigenvalue weighted by molar-refractivity contribution is 7.14. The number of unbranched alkanes of at least 4 members (excludes halogenated alkanes) is 3. The number of hydrogen-bond donors (Lipinski definition) is 3. The number of aromatic nitrogens is 1. The van der Waals surface area contributed by atoms with Crippen LogP contribution >= 0.6 is 11.3 Å². The van der Waals surface area contributed by atoms with Gasteiger partial charge in [0.15, 0.2) is 10.9 Å². The summed E-state index contributed by atoms with van der Waals surface area (Å²) in [5, 5.41) is 13.9. The first-order valence-corrected chi connectivity index (χ1v) is 9.21. The van der Waals surface area contributed by atoms with E-state index in [-0.39, 0.29) is 18.3 Å². The number of carbonyl (C=O) groups is 2. The summed E-state index contributed by atoms with van der Waals surface area (Å²) in [4.78, 5) is 27.3. The normalized spacial score (nSPS) is 10.6. The third kappa shape index (κ3) is 6.28. The molecule has 2 rings (SSSR count). The van der Waals surface area contributed by atoms with Crippen LogP contribution in [0.4, 0.5) is 10.8 Å². The molecule has 0 saturated carbocycles. The van der Waals surface area contributed by atoms with Gasteiger partial charge in [-0.05, 0) is 18.9 Å². The van der Waals surface area contributed by atoms with Crippen molar-refractivity contribution in [1.82, 2.24) is 4.98 Å². The van der Waals surface area contributed by atoms with Crippen LogP contribution in [0.3, 0.4) is 0 Å². The van der Waals surface area contributed by atoms with Crippen LogP contribution in [0.5, 0.6) is 0 Å². The van der Waals surface area contributed by atoms with Gasteiger partial charge in [-0.15, -0.1) is 11.3 Å². The Kier molecular flexibility index (Phi) is 7.56. The van der Waals surface area contributed by atoms with Gasteiger partial charge in [-0.1, -0.05) is 31.0 Å². The van der Waals surface area contributed by atoms with Crippen LogP contribution in [-0.4, -0.2) is 28.4 Å². The highest BCUT2D eigenvalue weighted by atomic mass is 32.1. The lowest BCUT2D eigenvalue weighted by molar-refractivity contribution is -0.122. The molecule has 0 bridgehead atoms. The molecule has 4 N–H and O–H groups in total. The fourth-order valence-corrected chi connectivity index (χ4v) is 3.13. The van der Waals surface area contributed by atoms with Gasteiger partial charge in [-0.3, -0.25) is 9.59 Å². The number of thiazole rings is 1. The summed E-state index contributed by atoms with van der Waals surface area (Å²) in [6, 6.07) is 7.49. The Hall–Kier alpha value is -2.25. The van der Waals surface area contributed by atoms with Crippen molar-refractivity contribution >= 4 is 33.8 Å². The van der Waals surface area contributed by atoms with E-state index in [4.69, 9.17) is 10.8 Å². The number of amides is 1. The molecule has 25 heavy (non-hydrogen) atoms. The Labute approximate surface area is 151 Å². The molecule has 0 atom stereocenters. The molecule has 6 nitrogen and oxygen atoms in total. The van der Waals surface area contributed by atoms with E-state index in [1.807, 2.05) is 29.6 Å². The first-order valence-electron chi connectivity index (χ1n) is 8.33. The summed E-state index contributed by atoms with van der Waals surface area (Å²) in [5.74, 6) is -0.190. The Bertz CT molecular complexity index is 715. The zero-order valence-electron chi connectivity index (χ0n) is 14.0. The Morgan fingerprint density at radius 2 is 1.84 bits per heavy atom. The van der Waals surface area contributed by atoms with Gasteiger partial charge in [0.1, 0.15) is 6.61 Å². The average Bonchev–Trinajstić information content (AvgIpc) is 3.06. The maximum absolute atomic E-state index is 12.0. The number of aliphatic hydroxyl groups is 1. The standard InChI is InChI=1S/C18H23N3O3S/c19-15-9-6-5-8-14(15)16-12-25-18(20-16)21-17(24)10-4-2-1-3-7-13(23)11-22/h5-6,8-9,12,22H,1-4,7,10-11,19H2,(H,20,21,24). The van der Waals surface area contributed by atoms with Crippen molar-refractivity contribution in [1.29, 1.82) is 0 Å². The maximum Gasteiger partial charge on any atom is 0.226 e. The molecular weight excluding hydrogens is 338 g/mol. The average molecular weight is 361 g/mol. The maximum atomic E-state index is 12.0. The van der Waals surface area contributed by atoms with E-state index in [1.165, 1.54) is 11.3 Å². The van der Waals surface area contributed by atoms with Gasteiger partial charge in [0.25, 0.3) is 0 Å². The van der Waals surface area contributed by atoms with Crippen molar-refractivity contribution in [3.8, 4) is 11.3 Å². The number of nitrogens with two attached hydrogens (primary N) is 1. The quantitative estimate of drug-likeness (QED) is 0.445. The largest absolute Gasteiger partial charge is 0.398 e. The molecule has 0 aliphatic rings. The second kappa shape index (κ2) is 9.90. The lowest BCUT2D eigenvalue weighted by Gasteiger charge is -2.03. The van der Waals surface area contributed by atoms with Crippen molar-refractivity contribution in [2.45, 2.75) is 38.5 Å². The minimum Gasteiger partial charge on any atom is -0.398 e. The SMILES string of the molecule is Nc1ccccc1-c1csc(NC(=O)CCCCCCC(=O)CO)n1. The van der Waals surface area contributed by atoms with Crippen LogP contribution in [0.1, 0.15) is 38.5 Å². The number of nitrogen functional groups attached to an aromatic ring is 1. The van der Waals surface area contributed by atoms with Gasteiger partial charge >= 0.3 is 0 Å². The fraction of sp³-hybridized carbons (Fsp3) is 0.389. The molecule has 1 aromatic carbocycles. The monoisotopic (exact) mass is 361 g/mol. The molecular formula is C18H23N3O3S. The highest BCUT2D eigenvalue weighted by Gasteiger charge is 2.09. The van der Waals surface area contributed by atoms with E-state index in [2.05, 4.69) is 10.3 Å². The van der Waals surface area contributed by atoms with Crippen LogP contribution in [0, 0.1) is 0 Å². The van der Waals surface area contributed by atoms with E-state index in [1.54, 1.807) is 0 Å². The van der Waals surface area contributed by atoms with Gasteiger partial charge in [0, 0.05) is 29.5 Å². The molecule has 0 aliphatic carbocycles. The molecule has 0 spiro atoms. The number of para-hydroxylation sites is 1. The molecule has 134 valence electrons. The number of ketones is 1. The zero-order chi connectivity index (χ0) is 18.1. The smallest absolute Gasteiger partial charge is 0.226 e. The second-order valence-corrected chi connectivity index (χ2v) is 6.64. The number of anilines is 2. The molecule has 2 aromatic rings. The van der Waals surface area contributed by atoms with Crippen molar-refractivity contribution in [2.24, 2.45) is 0 Å². The van der Waals surface area contributed by atoms with Crippen LogP contribution in [0.15, 0.2) is 29.6 Å². The highest BCUT2D eigenvalue weighted by Crippen LogP contribution is 2.28. The van der Waals surface area contributed by atoms with E-state index < -0.39 is 0 Å². The molecule has 0 fully saturated rings. The molecule has 7 heteroatoms. The van der Waals surface area contributed by atoms with Gasteiger partial charge in [0.05, 0.1) is 5.69 Å². The number of carbonyl (C=O) groups excluding carboxylic acids is 2. The summed E-state index contributed by atoms with van der Waals surface area (Å²) in [6.07, 6.45) is 4.13. The van der Waals surface area contributed by atoms with Crippen LogP contribution in [0.2, 0.25) is 0 Å².